The topological polar surface area (TPSA) is 20.3 Å². The van der Waals surface area contributed by atoms with Crippen molar-refractivity contribution in [2.24, 2.45) is 0 Å². The highest BCUT2D eigenvalue weighted by atomic mass is 35.5. The van der Waals surface area contributed by atoms with Crippen LogP contribution >= 0.6 is 11.6 Å². The van der Waals surface area contributed by atoms with E-state index in [1.165, 1.54) is 0 Å². The molecule has 1 rings (SSSR count). The Bertz CT molecular complexity index is 334. The molecule has 0 heterocycles. The summed E-state index contributed by atoms with van der Waals surface area (Å²) in [5.74, 6) is 0.148. The van der Waals surface area contributed by atoms with E-state index in [0.717, 1.165) is 24.9 Å². The maximum Gasteiger partial charge on any atom is 0.176 e. The predicted octanol–water partition coefficient (Wildman–Crippen LogP) is 3.25. The van der Waals surface area contributed by atoms with Crippen LogP contribution in [0.5, 0.6) is 0 Å². The summed E-state index contributed by atoms with van der Waals surface area (Å²) in [7, 11) is 1.98. The van der Waals surface area contributed by atoms with Gasteiger partial charge in [-0.25, -0.2) is 0 Å². The van der Waals surface area contributed by atoms with E-state index in [2.05, 4.69) is 11.8 Å². The van der Waals surface area contributed by atoms with E-state index in [9.17, 15) is 4.79 Å². The first-order chi connectivity index (χ1) is 7.63. The predicted molar refractivity (Wildman–Crippen MR) is 68.2 cm³/mol. The monoisotopic (exact) mass is 239 g/mol. The zero-order valence-corrected chi connectivity index (χ0v) is 10.6. The minimum absolute atomic E-state index is 0.148. The van der Waals surface area contributed by atoms with Crippen molar-refractivity contribution in [3.05, 3.63) is 34.9 Å². The van der Waals surface area contributed by atoms with Gasteiger partial charge in [-0.2, -0.15) is 0 Å². The summed E-state index contributed by atoms with van der Waals surface area (Å²) in [6, 6.07) is 7.05. The number of benzene rings is 1. The number of likely N-dealkylation sites (N-methyl/N-ethyl adjacent to an activating group) is 1. The van der Waals surface area contributed by atoms with Gasteiger partial charge in [-0.15, -0.1) is 0 Å². The minimum Gasteiger partial charge on any atom is -0.299 e. The SMILES string of the molecule is CCCCN(C)CC(=O)c1ccc(Cl)cc1. The summed E-state index contributed by atoms with van der Waals surface area (Å²) in [5.41, 5.74) is 0.729. The number of hydrogen-bond acceptors (Lipinski definition) is 2. The Kier molecular flexibility index (Phi) is 5.50. The van der Waals surface area contributed by atoms with Crippen molar-refractivity contribution < 1.29 is 4.79 Å². The van der Waals surface area contributed by atoms with E-state index in [1.807, 2.05) is 7.05 Å². The van der Waals surface area contributed by atoms with Crippen LogP contribution in [0.1, 0.15) is 30.1 Å². The second-order valence-electron chi connectivity index (χ2n) is 4.02. The summed E-state index contributed by atoms with van der Waals surface area (Å²) in [5, 5.41) is 0.663. The zero-order valence-electron chi connectivity index (χ0n) is 9.87. The molecular formula is C13H18ClNO. The van der Waals surface area contributed by atoms with Crippen LogP contribution in [0, 0.1) is 0 Å². The standard InChI is InChI=1S/C13H18ClNO/c1-3-4-9-15(2)10-13(16)11-5-7-12(14)8-6-11/h5-8H,3-4,9-10H2,1-2H3. The van der Waals surface area contributed by atoms with Gasteiger partial charge in [-0.3, -0.25) is 9.69 Å². The molecule has 0 saturated heterocycles. The Morgan fingerprint density at radius 1 is 1.31 bits per heavy atom. The molecule has 0 radical (unpaired) electrons. The molecule has 1 aromatic rings. The largest absolute Gasteiger partial charge is 0.299 e. The van der Waals surface area contributed by atoms with Gasteiger partial charge < -0.3 is 0 Å². The maximum atomic E-state index is 11.8. The first-order valence-electron chi connectivity index (χ1n) is 5.60. The van der Waals surface area contributed by atoms with Gasteiger partial charge in [0.1, 0.15) is 0 Å². The van der Waals surface area contributed by atoms with Gasteiger partial charge >= 0.3 is 0 Å². The summed E-state index contributed by atoms with van der Waals surface area (Å²) >= 11 is 5.77. The average Bonchev–Trinajstić information content (AvgIpc) is 2.27. The van der Waals surface area contributed by atoms with Crippen LogP contribution in [0.4, 0.5) is 0 Å². The van der Waals surface area contributed by atoms with Crippen molar-refractivity contribution in [2.75, 3.05) is 20.1 Å². The van der Waals surface area contributed by atoms with Crippen LogP contribution in [-0.4, -0.2) is 30.8 Å². The molecule has 1 aromatic carbocycles. The molecule has 0 fully saturated rings. The number of carbonyl (C=O) groups excluding carboxylic acids is 1. The second kappa shape index (κ2) is 6.66. The molecule has 3 heteroatoms. The van der Waals surface area contributed by atoms with E-state index < -0.39 is 0 Å². The first kappa shape index (κ1) is 13.2. The highest BCUT2D eigenvalue weighted by Crippen LogP contribution is 2.10. The summed E-state index contributed by atoms with van der Waals surface area (Å²) in [4.78, 5) is 13.9. The molecule has 0 amide bonds. The Morgan fingerprint density at radius 2 is 1.94 bits per heavy atom. The Labute approximate surface area is 102 Å². The maximum absolute atomic E-state index is 11.8. The average molecular weight is 240 g/mol. The molecule has 0 unspecified atom stereocenters. The number of ketones is 1. The smallest absolute Gasteiger partial charge is 0.176 e. The fourth-order valence-electron chi connectivity index (χ4n) is 1.48. The number of unbranched alkanes of at least 4 members (excludes halogenated alkanes) is 1. The molecule has 2 nitrogen and oxygen atoms in total. The number of Topliss-reactive ketones (excluding diaryl/α,β-unsaturated/α-hetero) is 1. The normalized spacial score (nSPS) is 10.8. The Hall–Kier alpha value is -0.860. The van der Waals surface area contributed by atoms with Crippen LogP contribution < -0.4 is 0 Å². The van der Waals surface area contributed by atoms with Gasteiger partial charge in [0.15, 0.2) is 5.78 Å². The highest BCUT2D eigenvalue weighted by molar-refractivity contribution is 6.30. The number of nitrogens with zero attached hydrogens (tertiary/aromatic N) is 1. The van der Waals surface area contributed by atoms with E-state index in [0.29, 0.717) is 11.6 Å². The molecule has 0 saturated carbocycles. The lowest BCUT2D eigenvalue weighted by molar-refractivity contribution is 0.0945. The van der Waals surface area contributed by atoms with Gasteiger partial charge in [0, 0.05) is 10.6 Å². The Morgan fingerprint density at radius 3 is 2.50 bits per heavy atom. The third-order valence-electron chi connectivity index (χ3n) is 2.47. The molecule has 0 atom stereocenters. The van der Waals surface area contributed by atoms with Crippen molar-refractivity contribution in [2.45, 2.75) is 19.8 Å². The van der Waals surface area contributed by atoms with Crippen molar-refractivity contribution >= 4 is 17.4 Å². The van der Waals surface area contributed by atoms with Crippen LogP contribution in [0.3, 0.4) is 0 Å². The van der Waals surface area contributed by atoms with Gasteiger partial charge in [-0.1, -0.05) is 24.9 Å². The van der Waals surface area contributed by atoms with Crippen molar-refractivity contribution in [3.63, 3.8) is 0 Å². The zero-order chi connectivity index (χ0) is 12.0. The molecule has 0 aromatic heterocycles. The lowest BCUT2D eigenvalue weighted by atomic mass is 10.1. The van der Waals surface area contributed by atoms with Crippen LogP contribution in [0.15, 0.2) is 24.3 Å². The summed E-state index contributed by atoms with van der Waals surface area (Å²) in [6.45, 7) is 3.59. The van der Waals surface area contributed by atoms with E-state index in [1.54, 1.807) is 24.3 Å². The molecule has 0 N–H and O–H groups in total. The van der Waals surface area contributed by atoms with Crippen LogP contribution in [-0.2, 0) is 0 Å². The van der Waals surface area contributed by atoms with Crippen molar-refractivity contribution in [3.8, 4) is 0 Å². The molecule has 16 heavy (non-hydrogen) atoms. The number of carbonyl (C=O) groups is 1. The van der Waals surface area contributed by atoms with Crippen molar-refractivity contribution in [1.29, 1.82) is 0 Å². The molecule has 0 aliphatic heterocycles. The minimum atomic E-state index is 0.148. The van der Waals surface area contributed by atoms with Crippen LogP contribution in [0.25, 0.3) is 0 Å². The van der Waals surface area contributed by atoms with Crippen molar-refractivity contribution in [1.82, 2.24) is 4.90 Å². The van der Waals surface area contributed by atoms with E-state index in [4.69, 9.17) is 11.6 Å². The van der Waals surface area contributed by atoms with Gasteiger partial charge in [0.05, 0.1) is 6.54 Å². The fourth-order valence-corrected chi connectivity index (χ4v) is 1.61. The fraction of sp³-hybridized carbons (Fsp3) is 0.462. The number of rotatable bonds is 6. The van der Waals surface area contributed by atoms with Crippen LogP contribution in [0.2, 0.25) is 5.02 Å². The molecule has 0 bridgehead atoms. The molecular weight excluding hydrogens is 222 g/mol. The lowest BCUT2D eigenvalue weighted by Crippen LogP contribution is -2.26. The quantitative estimate of drug-likeness (QED) is 0.711. The van der Waals surface area contributed by atoms with Gasteiger partial charge in [0.25, 0.3) is 0 Å². The second-order valence-corrected chi connectivity index (χ2v) is 4.46. The number of hydrogen-bond donors (Lipinski definition) is 0. The highest BCUT2D eigenvalue weighted by Gasteiger charge is 2.08. The third kappa shape index (κ3) is 4.33. The Balaban J connectivity index is 2.48. The molecule has 0 aliphatic carbocycles. The van der Waals surface area contributed by atoms with Gasteiger partial charge in [0.2, 0.25) is 0 Å². The summed E-state index contributed by atoms with van der Waals surface area (Å²) in [6.07, 6.45) is 2.28. The molecule has 0 aliphatic rings. The van der Waals surface area contributed by atoms with Gasteiger partial charge in [-0.05, 0) is 44.3 Å². The third-order valence-corrected chi connectivity index (χ3v) is 2.73. The van der Waals surface area contributed by atoms with E-state index in [-0.39, 0.29) is 5.78 Å². The number of halogens is 1. The lowest BCUT2D eigenvalue weighted by Gasteiger charge is -2.14. The molecule has 0 spiro atoms. The summed E-state index contributed by atoms with van der Waals surface area (Å²) < 4.78 is 0. The van der Waals surface area contributed by atoms with E-state index >= 15 is 0 Å². The molecule has 88 valence electrons. The first-order valence-corrected chi connectivity index (χ1v) is 5.98.